The molecule has 1 aromatic carbocycles. The molecule has 0 spiro atoms. The first kappa shape index (κ1) is 21.6. The van der Waals surface area contributed by atoms with Crippen molar-refractivity contribution in [3.8, 4) is 0 Å². The van der Waals surface area contributed by atoms with Crippen molar-refractivity contribution >= 4 is 23.7 Å². The van der Waals surface area contributed by atoms with E-state index in [2.05, 4.69) is 38.8 Å². The van der Waals surface area contributed by atoms with Crippen LogP contribution in [0, 0.1) is 0 Å². The molecule has 0 bridgehead atoms. The average molecular weight is 430 g/mol. The first-order valence-electron chi connectivity index (χ1n) is 9.34. The van der Waals surface area contributed by atoms with Gasteiger partial charge in [0.2, 0.25) is 0 Å². The number of fused-ring (bicyclic) bond motifs is 1. The predicted octanol–water partition coefficient (Wildman–Crippen LogP) is 2.39. The van der Waals surface area contributed by atoms with Gasteiger partial charge in [-0.15, -0.1) is 21.5 Å². The highest BCUT2D eigenvalue weighted by Crippen LogP contribution is 2.24. The highest BCUT2D eigenvalue weighted by molar-refractivity contribution is 7.09. The number of carbonyl (C=O) groups excluding carboxylic acids is 1. The number of hydrogen-bond donors (Lipinski definition) is 1. The SMILES string of the molecule is COCc1nnc2n1[C@@H](C)CN(C(=O)c1csc(Cc3ccccc3)n1)C2.O=CO. The van der Waals surface area contributed by atoms with E-state index in [1.807, 2.05) is 23.6 Å². The van der Waals surface area contributed by atoms with Crippen molar-refractivity contribution < 1.29 is 19.4 Å². The Labute approximate surface area is 178 Å². The molecule has 0 aliphatic carbocycles. The van der Waals surface area contributed by atoms with Gasteiger partial charge in [-0.05, 0) is 12.5 Å². The van der Waals surface area contributed by atoms with Gasteiger partial charge in [0.05, 0.1) is 17.6 Å². The number of amides is 1. The van der Waals surface area contributed by atoms with Gasteiger partial charge in [0.15, 0.2) is 11.6 Å². The molecule has 2 aromatic heterocycles. The van der Waals surface area contributed by atoms with Gasteiger partial charge in [-0.3, -0.25) is 9.59 Å². The summed E-state index contributed by atoms with van der Waals surface area (Å²) in [5.74, 6) is 1.53. The third kappa shape index (κ3) is 4.89. The normalized spacial score (nSPS) is 15.1. The van der Waals surface area contributed by atoms with E-state index in [0.717, 1.165) is 23.1 Å². The number of carboxylic acid groups (broad SMARTS) is 1. The average Bonchev–Trinajstić information content (AvgIpc) is 3.37. The second-order valence-electron chi connectivity index (χ2n) is 6.76. The number of hydrogen-bond acceptors (Lipinski definition) is 7. The van der Waals surface area contributed by atoms with Crippen molar-refractivity contribution in [3.63, 3.8) is 0 Å². The zero-order valence-corrected chi connectivity index (χ0v) is 17.6. The molecule has 3 aromatic rings. The van der Waals surface area contributed by atoms with Crippen LogP contribution in [0.1, 0.15) is 45.7 Å². The number of thiazole rings is 1. The fourth-order valence-corrected chi connectivity index (χ4v) is 4.22. The lowest BCUT2D eigenvalue weighted by molar-refractivity contribution is -0.122. The molecule has 0 unspecified atom stereocenters. The highest BCUT2D eigenvalue weighted by atomic mass is 32.1. The molecule has 4 rings (SSSR count). The van der Waals surface area contributed by atoms with Crippen molar-refractivity contribution in [1.82, 2.24) is 24.6 Å². The summed E-state index contributed by atoms with van der Waals surface area (Å²) in [5, 5.41) is 18.1. The fourth-order valence-electron chi connectivity index (χ4n) is 3.42. The van der Waals surface area contributed by atoms with E-state index in [4.69, 9.17) is 14.6 Å². The Balaban J connectivity index is 0.000000806. The summed E-state index contributed by atoms with van der Waals surface area (Å²) < 4.78 is 7.25. The Morgan fingerprint density at radius 1 is 1.33 bits per heavy atom. The molecule has 10 heteroatoms. The van der Waals surface area contributed by atoms with Crippen LogP contribution in [0.4, 0.5) is 0 Å². The van der Waals surface area contributed by atoms with Crippen molar-refractivity contribution in [3.05, 3.63) is 63.6 Å². The third-order valence-electron chi connectivity index (χ3n) is 4.62. The van der Waals surface area contributed by atoms with Crippen LogP contribution >= 0.6 is 11.3 Å². The molecule has 0 saturated heterocycles. The Hall–Kier alpha value is -3.11. The van der Waals surface area contributed by atoms with Crippen LogP contribution in [-0.2, 0) is 29.1 Å². The predicted molar refractivity (Wildman–Crippen MR) is 110 cm³/mol. The van der Waals surface area contributed by atoms with Gasteiger partial charge in [-0.1, -0.05) is 30.3 Å². The first-order chi connectivity index (χ1) is 14.6. The van der Waals surface area contributed by atoms with Gasteiger partial charge < -0.3 is 19.3 Å². The van der Waals surface area contributed by atoms with Crippen molar-refractivity contribution in [1.29, 1.82) is 0 Å². The standard InChI is InChI=1S/C19H21N5O2S.CH2O2/c1-13-9-23(10-16-21-22-17(11-26-2)24(13)16)19(25)15-12-27-18(20-15)8-14-6-4-3-5-7-14;2-1-3/h3-7,12-13H,8-11H2,1-2H3;1H,(H,2,3)/t13-;/m0./s1. The number of ether oxygens (including phenoxy) is 1. The third-order valence-corrected chi connectivity index (χ3v) is 5.47. The topological polar surface area (TPSA) is 110 Å². The summed E-state index contributed by atoms with van der Waals surface area (Å²) in [7, 11) is 1.64. The van der Waals surface area contributed by atoms with Crippen molar-refractivity contribution in [2.24, 2.45) is 0 Å². The maximum atomic E-state index is 12.9. The number of aromatic nitrogens is 4. The molecular weight excluding hydrogens is 406 g/mol. The number of benzene rings is 1. The molecule has 1 amide bonds. The molecule has 0 radical (unpaired) electrons. The van der Waals surface area contributed by atoms with E-state index in [1.165, 1.54) is 16.9 Å². The van der Waals surface area contributed by atoms with E-state index in [0.29, 0.717) is 25.4 Å². The van der Waals surface area contributed by atoms with E-state index in [9.17, 15) is 4.79 Å². The van der Waals surface area contributed by atoms with Crippen molar-refractivity contribution in [2.75, 3.05) is 13.7 Å². The van der Waals surface area contributed by atoms with Gasteiger partial charge in [0.1, 0.15) is 12.3 Å². The van der Waals surface area contributed by atoms with Crippen LogP contribution in [0.5, 0.6) is 0 Å². The molecule has 9 nitrogen and oxygen atoms in total. The molecule has 3 heterocycles. The molecule has 0 saturated carbocycles. The monoisotopic (exact) mass is 429 g/mol. The summed E-state index contributed by atoms with van der Waals surface area (Å²) in [6, 6.07) is 10.3. The van der Waals surface area contributed by atoms with Crippen LogP contribution in [-0.4, -0.2) is 55.8 Å². The second kappa shape index (κ2) is 10.1. The van der Waals surface area contributed by atoms with Crippen LogP contribution in [0.2, 0.25) is 0 Å². The van der Waals surface area contributed by atoms with Crippen LogP contribution in [0.15, 0.2) is 35.7 Å². The zero-order chi connectivity index (χ0) is 21.5. The number of carbonyl (C=O) groups is 2. The number of rotatable bonds is 5. The van der Waals surface area contributed by atoms with Gasteiger partial charge in [0, 0.05) is 25.5 Å². The highest BCUT2D eigenvalue weighted by Gasteiger charge is 2.30. The van der Waals surface area contributed by atoms with E-state index < -0.39 is 0 Å². The van der Waals surface area contributed by atoms with Gasteiger partial charge in [0.25, 0.3) is 12.4 Å². The summed E-state index contributed by atoms with van der Waals surface area (Å²) in [6.45, 7) is 3.27. The lowest BCUT2D eigenvalue weighted by Crippen LogP contribution is -2.41. The largest absolute Gasteiger partial charge is 0.483 e. The molecule has 30 heavy (non-hydrogen) atoms. The quantitative estimate of drug-likeness (QED) is 0.620. The maximum Gasteiger partial charge on any atom is 0.290 e. The zero-order valence-electron chi connectivity index (χ0n) is 16.8. The van der Waals surface area contributed by atoms with Gasteiger partial charge in [-0.25, -0.2) is 4.98 Å². The molecule has 1 aliphatic rings. The maximum absolute atomic E-state index is 12.9. The van der Waals surface area contributed by atoms with E-state index in [1.54, 1.807) is 12.0 Å². The van der Waals surface area contributed by atoms with Crippen LogP contribution in [0.25, 0.3) is 0 Å². The summed E-state index contributed by atoms with van der Waals surface area (Å²) in [4.78, 5) is 27.7. The smallest absolute Gasteiger partial charge is 0.290 e. The Morgan fingerprint density at radius 2 is 2.07 bits per heavy atom. The molecule has 1 atom stereocenters. The van der Waals surface area contributed by atoms with E-state index in [-0.39, 0.29) is 18.4 Å². The van der Waals surface area contributed by atoms with Gasteiger partial charge in [-0.2, -0.15) is 0 Å². The van der Waals surface area contributed by atoms with Crippen molar-refractivity contribution in [2.45, 2.75) is 32.5 Å². The first-order valence-corrected chi connectivity index (χ1v) is 10.2. The molecule has 158 valence electrons. The fraction of sp³-hybridized carbons (Fsp3) is 0.350. The lowest BCUT2D eigenvalue weighted by Gasteiger charge is -2.32. The Kier molecular flexibility index (Phi) is 7.26. The molecular formula is C20H23N5O4S. The van der Waals surface area contributed by atoms with E-state index >= 15 is 0 Å². The number of nitrogens with zero attached hydrogens (tertiary/aromatic N) is 5. The summed E-state index contributed by atoms with van der Waals surface area (Å²) in [5.41, 5.74) is 1.69. The van der Waals surface area contributed by atoms with Gasteiger partial charge >= 0.3 is 0 Å². The minimum atomic E-state index is -0.250. The molecule has 1 aliphatic heterocycles. The summed E-state index contributed by atoms with van der Waals surface area (Å²) >= 11 is 1.53. The number of methoxy groups -OCH3 is 1. The Morgan fingerprint density at radius 3 is 2.77 bits per heavy atom. The van der Waals surface area contributed by atoms with Crippen LogP contribution < -0.4 is 0 Å². The second-order valence-corrected chi connectivity index (χ2v) is 7.71. The molecule has 0 fully saturated rings. The summed E-state index contributed by atoms with van der Waals surface area (Å²) in [6.07, 6.45) is 0.740. The minimum absolute atomic E-state index is 0.0556. The lowest BCUT2D eigenvalue weighted by atomic mass is 10.2. The Bertz CT molecular complexity index is 988. The van der Waals surface area contributed by atoms with Crippen LogP contribution in [0.3, 0.4) is 0 Å². The molecule has 1 N–H and O–H groups in total. The minimum Gasteiger partial charge on any atom is -0.483 e.